The molecule has 0 saturated carbocycles. The maximum Gasteiger partial charge on any atom is 0.460 e. The summed E-state index contributed by atoms with van der Waals surface area (Å²) in [4.78, 5) is 0. The number of ether oxygens (including phenoxy) is 2. The van der Waals surface area contributed by atoms with Crippen molar-refractivity contribution in [2.24, 2.45) is 0 Å². The summed E-state index contributed by atoms with van der Waals surface area (Å²) in [5.41, 5.74) is 0. The second-order valence-corrected chi connectivity index (χ2v) is 9.05. The molecule has 1 fully saturated rings. The highest BCUT2D eigenvalue weighted by Crippen LogP contribution is 2.54. The van der Waals surface area contributed by atoms with Gasteiger partial charge < -0.3 is 9.47 Å². The standard InChI is InChI=1S/C23H37F9O2/c24-20(25,21(26,27)22(28,29)23(30,31)32)15-11-9-7-5-3-1-2-4-6-8-10-12-16-33-18-19-14-13-17-34-19/h19H,1-18H2. The minimum absolute atomic E-state index is 0.0677. The zero-order chi connectivity index (χ0) is 25.7. The van der Waals surface area contributed by atoms with Gasteiger partial charge in [-0.3, -0.25) is 0 Å². The molecule has 1 aliphatic heterocycles. The second kappa shape index (κ2) is 14.8. The number of halogens is 9. The van der Waals surface area contributed by atoms with Gasteiger partial charge in [0.1, 0.15) is 0 Å². The van der Waals surface area contributed by atoms with Crippen LogP contribution in [0.4, 0.5) is 39.5 Å². The topological polar surface area (TPSA) is 18.5 Å². The van der Waals surface area contributed by atoms with E-state index in [9.17, 15) is 39.5 Å². The van der Waals surface area contributed by atoms with Crippen LogP contribution >= 0.6 is 0 Å². The smallest absolute Gasteiger partial charge is 0.379 e. The minimum atomic E-state index is -6.79. The molecule has 34 heavy (non-hydrogen) atoms. The Bertz CT molecular complexity index is 533. The molecule has 0 aromatic rings. The van der Waals surface area contributed by atoms with Gasteiger partial charge in [-0.25, -0.2) is 0 Å². The van der Waals surface area contributed by atoms with Gasteiger partial charge in [-0.05, 0) is 25.7 Å². The lowest BCUT2D eigenvalue weighted by Crippen LogP contribution is -2.60. The summed E-state index contributed by atoms with van der Waals surface area (Å²) in [7, 11) is 0. The summed E-state index contributed by atoms with van der Waals surface area (Å²) < 4.78 is 126. The van der Waals surface area contributed by atoms with Gasteiger partial charge in [0, 0.05) is 19.6 Å². The molecule has 11 heteroatoms. The van der Waals surface area contributed by atoms with Crippen LogP contribution in [0.2, 0.25) is 0 Å². The predicted molar refractivity (Wildman–Crippen MR) is 111 cm³/mol. The van der Waals surface area contributed by atoms with Crippen molar-refractivity contribution in [1.29, 1.82) is 0 Å². The number of rotatable bonds is 19. The van der Waals surface area contributed by atoms with E-state index in [1.807, 2.05) is 0 Å². The molecule has 1 aliphatic rings. The zero-order valence-electron chi connectivity index (χ0n) is 19.5. The molecule has 204 valence electrons. The van der Waals surface area contributed by atoms with Gasteiger partial charge in [-0.15, -0.1) is 0 Å². The summed E-state index contributed by atoms with van der Waals surface area (Å²) in [6.45, 7) is 2.24. The van der Waals surface area contributed by atoms with Gasteiger partial charge in [0.05, 0.1) is 12.7 Å². The molecule has 0 amide bonds. The third-order valence-corrected chi connectivity index (χ3v) is 6.07. The van der Waals surface area contributed by atoms with Crippen LogP contribution in [0.3, 0.4) is 0 Å². The Balaban J connectivity index is 1.96. The monoisotopic (exact) mass is 516 g/mol. The summed E-state index contributed by atoms with van der Waals surface area (Å²) in [5.74, 6) is -18.7. The Morgan fingerprint density at radius 2 is 1.09 bits per heavy atom. The molecule has 1 atom stereocenters. The number of alkyl halides is 9. The van der Waals surface area contributed by atoms with Crippen molar-refractivity contribution >= 4 is 0 Å². The van der Waals surface area contributed by atoms with E-state index in [4.69, 9.17) is 9.47 Å². The molecular weight excluding hydrogens is 479 g/mol. The lowest BCUT2D eigenvalue weighted by Gasteiger charge is -2.33. The summed E-state index contributed by atoms with van der Waals surface area (Å²) in [6.07, 6.45) is 2.80. The minimum Gasteiger partial charge on any atom is -0.379 e. The fourth-order valence-corrected chi connectivity index (χ4v) is 3.87. The molecule has 1 rings (SSSR count). The third kappa shape index (κ3) is 10.1. The maximum atomic E-state index is 13.4. The van der Waals surface area contributed by atoms with Crippen molar-refractivity contribution in [3.05, 3.63) is 0 Å². The van der Waals surface area contributed by atoms with E-state index in [2.05, 4.69) is 0 Å². The van der Waals surface area contributed by atoms with Gasteiger partial charge in [-0.2, -0.15) is 39.5 Å². The van der Waals surface area contributed by atoms with Crippen LogP contribution in [0, 0.1) is 0 Å². The third-order valence-electron chi connectivity index (χ3n) is 6.07. The highest BCUT2D eigenvalue weighted by Gasteiger charge is 2.81. The Kier molecular flexibility index (Phi) is 13.6. The van der Waals surface area contributed by atoms with E-state index in [1.165, 1.54) is 0 Å². The van der Waals surface area contributed by atoms with Crippen LogP contribution in [-0.2, 0) is 9.47 Å². The van der Waals surface area contributed by atoms with Crippen molar-refractivity contribution in [3.8, 4) is 0 Å². The van der Waals surface area contributed by atoms with Crippen LogP contribution in [0.5, 0.6) is 0 Å². The predicted octanol–water partition coefficient (Wildman–Crippen LogP) is 8.72. The van der Waals surface area contributed by atoms with Gasteiger partial charge in [0.15, 0.2) is 0 Å². The second-order valence-electron chi connectivity index (χ2n) is 9.05. The number of hydrogen-bond acceptors (Lipinski definition) is 2. The SMILES string of the molecule is FC(F)(F)C(F)(F)C(F)(F)C(F)(F)CCCCCCCCCCCCCCOCC1CCCO1. The van der Waals surface area contributed by atoms with Crippen LogP contribution in [-0.4, -0.2) is 49.9 Å². The summed E-state index contributed by atoms with van der Waals surface area (Å²) >= 11 is 0. The van der Waals surface area contributed by atoms with E-state index in [-0.39, 0.29) is 12.5 Å². The van der Waals surface area contributed by atoms with Crippen LogP contribution < -0.4 is 0 Å². The van der Waals surface area contributed by atoms with Crippen LogP contribution in [0.1, 0.15) is 96.3 Å². The molecule has 0 bridgehead atoms. The number of unbranched alkanes of at least 4 members (excludes halogenated alkanes) is 11. The first-order chi connectivity index (χ1) is 15.8. The van der Waals surface area contributed by atoms with Crippen molar-refractivity contribution < 1.29 is 49.0 Å². The Hall–Kier alpha value is -0.710. The van der Waals surface area contributed by atoms with Crippen LogP contribution in [0.15, 0.2) is 0 Å². The molecule has 1 heterocycles. The van der Waals surface area contributed by atoms with Crippen molar-refractivity contribution in [1.82, 2.24) is 0 Å². The molecule has 1 unspecified atom stereocenters. The Morgan fingerprint density at radius 1 is 0.618 bits per heavy atom. The lowest BCUT2D eigenvalue weighted by molar-refractivity contribution is -0.396. The molecule has 2 nitrogen and oxygen atoms in total. The van der Waals surface area contributed by atoms with Gasteiger partial charge in [0.2, 0.25) is 0 Å². The van der Waals surface area contributed by atoms with Gasteiger partial charge in [-0.1, -0.05) is 64.2 Å². The first-order valence-corrected chi connectivity index (χ1v) is 12.2. The molecule has 0 aromatic heterocycles. The van der Waals surface area contributed by atoms with Crippen molar-refractivity contribution in [2.45, 2.75) is 126 Å². The molecule has 0 spiro atoms. The molecular formula is C23H37F9O2. The van der Waals surface area contributed by atoms with Crippen molar-refractivity contribution in [2.75, 3.05) is 19.8 Å². The van der Waals surface area contributed by atoms with E-state index in [0.717, 1.165) is 77.4 Å². The van der Waals surface area contributed by atoms with E-state index in [1.54, 1.807) is 0 Å². The van der Waals surface area contributed by atoms with E-state index < -0.39 is 36.8 Å². The summed E-state index contributed by atoms with van der Waals surface area (Å²) in [5, 5.41) is 0. The van der Waals surface area contributed by atoms with Gasteiger partial charge >= 0.3 is 23.9 Å². The average Bonchev–Trinajstić information content (AvgIpc) is 3.25. The lowest BCUT2D eigenvalue weighted by atomic mass is 9.97. The first kappa shape index (κ1) is 31.3. The largest absolute Gasteiger partial charge is 0.460 e. The normalized spacial score (nSPS) is 18.1. The molecule has 0 N–H and O–H groups in total. The fourth-order valence-electron chi connectivity index (χ4n) is 3.87. The Morgan fingerprint density at radius 3 is 1.53 bits per heavy atom. The van der Waals surface area contributed by atoms with E-state index >= 15 is 0 Å². The maximum absolute atomic E-state index is 13.4. The van der Waals surface area contributed by atoms with Crippen molar-refractivity contribution in [3.63, 3.8) is 0 Å². The van der Waals surface area contributed by atoms with Gasteiger partial charge in [0.25, 0.3) is 0 Å². The first-order valence-electron chi connectivity index (χ1n) is 12.2. The van der Waals surface area contributed by atoms with E-state index in [0.29, 0.717) is 19.4 Å². The number of hydrogen-bond donors (Lipinski definition) is 0. The van der Waals surface area contributed by atoms with Crippen LogP contribution in [0.25, 0.3) is 0 Å². The molecule has 0 radical (unpaired) electrons. The molecule has 0 aliphatic carbocycles. The summed E-state index contributed by atoms with van der Waals surface area (Å²) in [6, 6.07) is 0. The molecule has 0 aromatic carbocycles. The quantitative estimate of drug-likeness (QED) is 0.126. The Labute approximate surface area is 195 Å². The molecule has 1 saturated heterocycles. The highest BCUT2D eigenvalue weighted by molar-refractivity contribution is 5.00. The fraction of sp³-hybridized carbons (Fsp3) is 1.00. The average molecular weight is 517 g/mol. The highest BCUT2D eigenvalue weighted by atomic mass is 19.4. The zero-order valence-corrected chi connectivity index (χ0v) is 19.5.